The quantitative estimate of drug-likeness (QED) is 0.693. The number of carbonyl (C=O) groups is 2. The summed E-state index contributed by atoms with van der Waals surface area (Å²) in [6.45, 7) is 2.33. The number of fused-ring (bicyclic) bond motifs is 1. The first-order valence-electron chi connectivity index (χ1n) is 9.52. The average molecular weight is 391 g/mol. The highest BCUT2D eigenvalue weighted by Gasteiger charge is 2.25. The number of benzene rings is 2. The number of hydrogen-bond acceptors (Lipinski definition) is 5. The Balaban J connectivity index is 1.37. The molecule has 1 aliphatic rings. The number of nitrogens with zero attached hydrogens (tertiary/aromatic N) is 2. The minimum atomic E-state index is -0.259. The molecule has 1 N–H and O–H groups in total. The van der Waals surface area contributed by atoms with Crippen molar-refractivity contribution in [2.75, 3.05) is 23.4 Å². The monoisotopic (exact) mass is 391 g/mol. The summed E-state index contributed by atoms with van der Waals surface area (Å²) in [6, 6.07) is 17.0. The Labute approximate surface area is 168 Å². The Hall–Kier alpha value is -3.61. The molecule has 3 aromatic rings. The van der Waals surface area contributed by atoms with Gasteiger partial charge < -0.3 is 14.2 Å². The van der Waals surface area contributed by atoms with Crippen LogP contribution < -0.4 is 15.0 Å². The maximum absolute atomic E-state index is 12.3. The number of aromatic nitrogens is 1. The lowest BCUT2D eigenvalue weighted by Gasteiger charge is -2.29. The van der Waals surface area contributed by atoms with Crippen molar-refractivity contribution in [3.8, 4) is 17.0 Å². The predicted octanol–water partition coefficient (Wildman–Crippen LogP) is 3.66. The molecule has 0 saturated carbocycles. The number of para-hydroxylation sites is 2. The third kappa shape index (κ3) is 4.13. The molecular weight excluding hydrogens is 370 g/mol. The van der Waals surface area contributed by atoms with E-state index in [4.69, 9.17) is 9.26 Å². The van der Waals surface area contributed by atoms with E-state index in [1.807, 2.05) is 36.4 Å². The van der Waals surface area contributed by atoms with Crippen LogP contribution in [0.2, 0.25) is 0 Å². The second kappa shape index (κ2) is 8.18. The molecule has 0 saturated heterocycles. The van der Waals surface area contributed by atoms with Gasteiger partial charge in [-0.05, 0) is 24.1 Å². The van der Waals surface area contributed by atoms with Gasteiger partial charge in [0.05, 0.1) is 5.69 Å². The summed E-state index contributed by atoms with van der Waals surface area (Å²) >= 11 is 0. The fourth-order valence-corrected chi connectivity index (χ4v) is 3.19. The maximum atomic E-state index is 12.3. The van der Waals surface area contributed by atoms with Crippen molar-refractivity contribution in [2.24, 2.45) is 0 Å². The van der Waals surface area contributed by atoms with Gasteiger partial charge in [0, 0.05) is 24.6 Å². The SMILES string of the molecule is CCc1ccc(-c2cc(NC(=O)CCN3C(=O)COc4ccccc43)on2)cc1. The van der Waals surface area contributed by atoms with E-state index < -0.39 is 0 Å². The van der Waals surface area contributed by atoms with E-state index in [1.165, 1.54) is 5.56 Å². The molecule has 7 heteroatoms. The Kier molecular flexibility index (Phi) is 5.29. The molecule has 0 spiro atoms. The fraction of sp³-hybridized carbons (Fsp3) is 0.227. The van der Waals surface area contributed by atoms with E-state index in [0.717, 1.165) is 12.0 Å². The molecule has 0 fully saturated rings. The molecular formula is C22H21N3O4. The largest absolute Gasteiger partial charge is 0.482 e. The summed E-state index contributed by atoms with van der Waals surface area (Å²) in [5.74, 6) is 0.486. The maximum Gasteiger partial charge on any atom is 0.265 e. The van der Waals surface area contributed by atoms with Crippen molar-refractivity contribution in [3.05, 3.63) is 60.2 Å². The first-order valence-corrected chi connectivity index (χ1v) is 9.52. The Morgan fingerprint density at radius 3 is 2.76 bits per heavy atom. The Morgan fingerprint density at radius 2 is 1.97 bits per heavy atom. The second-order valence-electron chi connectivity index (χ2n) is 6.73. The van der Waals surface area contributed by atoms with Gasteiger partial charge in [-0.2, -0.15) is 0 Å². The van der Waals surface area contributed by atoms with Gasteiger partial charge in [0.15, 0.2) is 6.61 Å². The molecule has 0 bridgehead atoms. The molecule has 2 amide bonds. The summed E-state index contributed by atoms with van der Waals surface area (Å²) in [5, 5.41) is 6.71. The van der Waals surface area contributed by atoms with Crippen molar-refractivity contribution in [1.82, 2.24) is 5.16 Å². The standard InChI is InChI=1S/C22H21N3O4/c1-2-15-7-9-16(10-8-15)17-13-21(29-24-17)23-20(26)11-12-25-18-5-3-4-6-19(18)28-14-22(25)27/h3-10,13H,2,11-12,14H2,1H3,(H,23,26). The van der Waals surface area contributed by atoms with Crippen LogP contribution in [0.1, 0.15) is 18.9 Å². The van der Waals surface area contributed by atoms with Gasteiger partial charge >= 0.3 is 0 Å². The lowest BCUT2D eigenvalue weighted by Crippen LogP contribution is -2.40. The van der Waals surface area contributed by atoms with E-state index in [1.54, 1.807) is 23.1 Å². The number of amides is 2. The minimum absolute atomic E-state index is 0.0269. The minimum Gasteiger partial charge on any atom is -0.482 e. The van der Waals surface area contributed by atoms with Crippen molar-refractivity contribution in [2.45, 2.75) is 19.8 Å². The van der Waals surface area contributed by atoms with Gasteiger partial charge in [-0.3, -0.25) is 14.9 Å². The average Bonchev–Trinajstić information content (AvgIpc) is 3.21. The number of ether oxygens (including phenoxy) is 1. The van der Waals surface area contributed by atoms with E-state index in [-0.39, 0.29) is 37.3 Å². The molecule has 2 heterocycles. The van der Waals surface area contributed by atoms with Gasteiger partial charge in [-0.25, -0.2) is 0 Å². The molecule has 1 aromatic heterocycles. The van der Waals surface area contributed by atoms with E-state index in [0.29, 0.717) is 17.1 Å². The predicted molar refractivity (Wildman–Crippen MR) is 109 cm³/mol. The topological polar surface area (TPSA) is 84.7 Å². The molecule has 0 radical (unpaired) electrons. The Morgan fingerprint density at radius 1 is 1.17 bits per heavy atom. The molecule has 0 atom stereocenters. The van der Waals surface area contributed by atoms with Crippen molar-refractivity contribution in [1.29, 1.82) is 0 Å². The first-order chi connectivity index (χ1) is 14.1. The van der Waals surface area contributed by atoms with Crippen LogP contribution in [0.3, 0.4) is 0 Å². The van der Waals surface area contributed by atoms with Crippen LogP contribution in [-0.2, 0) is 16.0 Å². The molecule has 0 unspecified atom stereocenters. The van der Waals surface area contributed by atoms with Gasteiger partial charge in [0.1, 0.15) is 11.4 Å². The van der Waals surface area contributed by atoms with Crippen molar-refractivity contribution < 1.29 is 18.8 Å². The first kappa shape index (κ1) is 18.7. The molecule has 7 nitrogen and oxygen atoms in total. The van der Waals surface area contributed by atoms with Crippen LogP contribution in [0.25, 0.3) is 11.3 Å². The summed E-state index contributed by atoms with van der Waals surface area (Å²) < 4.78 is 10.6. The number of rotatable bonds is 6. The van der Waals surface area contributed by atoms with Crippen LogP contribution in [0.4, 0.5) is 11.6 Å². The lowest BCUT2D eigenvalue weighted by molar-refractivity contribution is -0.121. The molecule has 4 rings (SSSR count). The summed E-state index contributed by atoms with van der Waals surface area (Å²) in [7, 11) is 0. The zero-order valence-corrected chi connectivity index (χ0v) is 16.1. The van der Waals surface area contributed by atoms with Gasteiger partial charge in [-0.15, -0.1) is 0 Å². The molecule has 2 aromatic carbocycles. The highest BCUT2D eigenvalue weighted by Crippen LogP contribution is 2.31. The molecule has 148 valence electrons. The van der Waals surface area contributed by atoms with Crippen molar-refractivity contribution in [3.63, 3.8) is 0 Å². The van der Waals surface area contributed by atoms with Gasteiger partial charge in [0.25, 0.3) is 5.91 Å². The number of nitrogens with one attached hydrogen (secondary N) is 1. The highest BCUT2D eigenvalue weighted by molar-refractivity contribution is 5.99. The zero-order chi connectivity index (χ0) is 20.2. The highest BCUT2D eigenvalue weighted by atomic mass is 16.5. The number of carbonyl (C=O) groups excluding carboxylic acids is 2. The third-order valence-corrected chi connectivity index (χ3v) is 4.80. The molecule has 29 heavy (non-hydrogen) atoms. The molecule has 0 aliphatic carbocycles. The third-order valence-electron chi connectivity index (χ3n) is 4.80. The number of hydrogen-bond donors (Lipinski definition) is 1. The van der Waals surface area contributed by atoms with E-state index in [2.05, 4.69) is 17.4 Å². The molecule has 1 aliphatic heterocycles. The van der Waals surface area contributed by atoms with Crippen LogP contribution in [0.5, 0.6) is 5.75 Å². The lowest BCUT2D eigenvalue weighted by atomic mass is 10.1. The Bertz CT molecular complexity index is 1030. The number of aryl methyl sites for hydroxylation is 1. The van der Waals surface area contributed by atoms with Crippen LogP contribution in [-0.4, -0.2) is 30.1 Å². The summed E-state index contributed by atoms with van der Waals surface area (Å²) in [6.07, 6.45) is 1.10. The van der Waals surface area contributed by atoms with E-state index >= 15 is 0 Å². The van der Waals surface area contributed by atoms with E-state index in [9.17, 15) is 9.59 Å². The van der Waals surface area contributed by atoms with Crippen LogP contribution in [0, 0.1) is 0 Å². The van der Waals surface area contributed by atoms with Gasteiger partial charge in [-0.1, -0.05) is 48.5 Å². The smallest absolute Gasteiger partial charge is 0.265 e. The normalized spacial score (nSPS) is 13.0. The summed E-state index contributed by atoms with van der Waals surface area (Å²) in [4.78, 5) is 26.1. The fourth-order valence-electron chi connectivity index (χ4n) is 3.19. The van der Waals surface area contributed by atoms with Gasteiger partial charge in [0.2, 0.25) is 11.8 Å². The summed E-state index contributed by atoms with van der Waals surface area (Å²) in [5.41, 5.74) is 3.49. The number of anilines is 2. The van der Waals surface area contributed by atoms with Crippen LogP contribution >= 0.6 is 0 Å². The van der Waals surface area contributed by atoms with Crippen molar-refractivity contribution >= 4 is 23.4 Å². The van der Waals surface area contributed by atoms with Crippen LogP contribution in [0.15, 0.2) is 59.1 Å². The second-order valence-corrected chi connectivity index (χ2v) is 6.73. The zero-order valence-electron chi connectivity index (χ0n) is 16.1.